The quantitative estimate of drug-likeness (QED) is 0.636. The highest BCUT2D eigenvalue weighted by molar-refractivity contribution is 5.95. The van der Waals surface area contributed by atoms with Gasteiger partial charge in [0.15, 0.2) is 0 Å². The second-order valence-corrected chi connectivity index (χ2v) is 5.98. The molecule has 29 heavy (non-hydrogen) atoms. The van der Waals surface area contributed by atoms with Crippen LogP contribution in [-0.4, -0.2) is 35.3 Å². The van der Waals surface area contributed by atoms with E-state index in [1.165, 1.54) is 12.4 Å². The molecule has 0 bridgehead atoms. The number of halogens is 2. The number of hydrazine groups is 1. The van der Waals surface area contributed by atoms with Gasteiger partial charge in [-0.25, -0.2) is 9.97 Å². The molecule has 156 valence electrons. The van der Waals surface area contributed by atoms with Crippen molar-refractivity contribution in [2.45, 2.75) is 38.7 Å². The van der Waals surface area contributed by atoms with Crippen molar-refractivity contribution < 1.29 is 23.1 Å². The number of nitrogens with zero attached hydrogens (tertiary/aromatic N) is 2. The van der Waals surface area contributed by atoms with E-state index in [0.29, 0.717) is 5.95 Å². The van der Waals surface area contributed by atoms with Crippen LogP contribution in [0.3, 0.4) is 0 Å². The van der Waals surface area contributed by atoms with E-state index in [0.717, 1.165) is 24.2 Å². The van der Waals surface area contributed by atoms with Gasteiger partial charge in [-0.15, -0.1) is 0 Å². The Hall–Kier alpha value is -3.30. The fourth-order valence-corrected chi connectivity index (χ4v) is 2.49. The number of benzene rings is 1. The highest BCUT2D eigenvalue weighted by Crippen LogP contribution is 2.48. The number of aromatic nitrogens is 2. The first-order valence-corrected chi connectivity index (χ1v) is 9.07. The maximum Gasteiger partial charge on any atom is 0.317 e. The summed E-state index contributed by atoms with van der Waals surface area (Å²) in [6.07, 6.45) is 1.07. The Balaban J connectivity index is 0.00000145. The highest BCUT2D eigenvalue weighted by atomic mass is 19.3. The molecule has 1 aliphatic carbocycles. The topological polar surface area (TPSA) is 105 Å². The number of hydrogen-bond acceptors (Lipinski definition) is 6. The zero-order chi connectivity index (χ0) is 21.4. The maximum atomic E-state index is 12.1. The summed E-state index contributed by atoms with van der Waals surface area (Å²) in [4.78, 5) is 30.7. The molecule has 0 aliphatic heterocycles. The minimum atomic E-state index is -3.22. The monoisotopic (exact) mass is 407 g/mol. The van der Waals surface area contributed by atoms with Crippen LogP contribution in [0.1, 0.15) is 42.6 Å². The molecule has 1 aliphatic rings. The molecule has 3 rings (SSSR count). The van der Waals surface area contributed by atoms with Crippen LogP contribution >= 0.6 is 0 Å². The second kappa shape index (κ2) is 9.76. The van der Waals surface area contributed by atoms with Crippen LogP contribution in [0.15, 0.2) is 36.7 Å². The normalized spacial score (nSPS) is 13.6. The molecule has 10 heteroatoms. The fraction of sp³-hybridized carbons (Fsp3) is 0.368. The van der Waals surface area contributed by atoms with Gasteiger partial charge in [0.1, 0.15) is 5.75 Å². The lowest BCUT2D eigenvalue weighted by Gasteiger charge is -2.18. The molecular formula is C19H23F2N5O3. The average Bonchev–Trinajstić information content (AvgIpc) is 3.54. The number of rotatable bonds is 6. The molecule has 1 saturated carbocycles. The zero-order valence-corrected chi connectivity index (χ0v) is 16.3. The minimum absolute atomic E-state index is 0.0180. The van der Waals surface area contributed by atoms with E-state index in [4.69, 9.17) is 4.74 Å². The van der Waals surface area contributed by atoms with Crippen molar-refractivity contribution in [2.24, 2.45) is 0 Å². The van der Waals surface area contributed by atoms with Crippen LogP contribution in [0.4, 0.5) is 14.7 Å². The lowest BCUT2D eigenvalue weighted by molar-refractivity contribution is -0.132. The predicted molar refractivity (Wildman–Crippen MR) is 103 cm³/mol. The molecule has 0 saturated heterocycles. The van der Waals surface area contributed by atoms with Gasteiger partial charge in [0.25, 0.3) is 5.91 Å². The average molecular weight is 407 g/mol. The molecule has 0 atom stereocenters. The van der Waals surface area contributed by atoms with Gasteiger partial charge in [-0.3, -0.25) is 20.4 Å². The van der Waals surface area contributed by atoms with Crippen LogP contribution in [0.2, 0.25) is 0 Å². The molecule has 2 aromatic rings. The highest BCUT2D eigenvalue weighted by Gasteiger charge is 2.45. The number of nitrogens with one attached hydrogen (secondary N) is 3. The Morgan fingerprint density at radius 3 is 2.14 bits per heavy atom. The van der Waals surface area contributed by atoms with Crippen LogP contribution in [0, 0.1) is 0 Å². The molecule has 2 amide bonds. The lowest BCUT2D eigenvalue weighted by atomic mass is 10.1. The van der Waals surface area contributed by atoms with E-state index in [1.807, 2.05) is 43.5 Å². The Morgan fingerprint density at radius 1 is 1.07 bits per heavy atom. The number of alkyl halides is 2. The molecule has 8 nitrogen and oxygen atoms in total. The summed E-state index contributed by atoms with van der Waals surface area (Å²) in [5, 5.41) is 3.25. The van der Waals surface area contributed by atoms with Crippen molar-refractivity contribution in [1.29, 1.82) is 0 Å². The Morgan fingerprint density at radius 2 is 1.66 bits per heavy atom. The van der Waals surface area contributed by atoms with E-state index in [-0.39, 0.29) is 11.1 Å². The predicted octanol–water partition coefficient (Wildman–Crippen LogP) is 2.64. The number of amides is 2. The van der Waals surface area contributed by atoms with Gasteiger partial charge in [0, 0.05) is 12.4 Å². The van der Waals surface area contributed by atoms with Crippen LogP contribution in [0.25, 0.3) is 0 Å². The molecule has 1 fully saturated rings. The number of methoxy groups -OCH3 is 1. The van der Waals surface area contributed by atoms with Crippen molar-refractivity contribution in [1.82, 2.24) is 20.8 Å². The summed E-state index contributed by atoms with van der Waals surface area (Å²) in [6, 6.07) is 7.68. The van der Waals surface area contributed by atoms with Gasteiger partial charge in [0.2, 0.25) is 5.95 Å². The summed E-state index contributed by atoms with van der Waals surface area (Å²) in [5.41, 5.74) is 4.30. The third-order valence-corrected chi connectivity index (χ3v) is 4.16. The number of carbonyl (C=O) groups is 2. The molecule has 0 radical (unpaired) electrons. The zero-order valence-electron chi connectivity index (χ0n) is 16.3. The smallest absolute Gasteiger partial charge is 0.317 e. The molecule has 0 unspecified atom stereocenters. The molecule has 1 aromatic heterocycles. The van der Waals surface area contributed by atoms with Crippen molar-refractivity contribution in [3.05, 3.63) is 47.8 Å². The van der Waals surface area contributed by atoms with E-state index in [9.17, 15) is 18.4 Å². The van der Waals surface area contributed by atoms with Gasteiger partial charge < -0.3 is 10.1 Å². The molecule has 0 spiro atoms. The SMILES string of the molecule is CC.COc1ccc(C2(Nc3ncc(C(=O)NNC(=O)C(F)F)cn3)CC2)cc1. The standard InChI is InChI=1S/C17H17F2N5O3.C2H6/c1-27-12-4-2-11(3-5-12)17(6-7-17)22-16-20-8-10(9-21-16)14(25)23-24-15(26)13(18)19;1-2/h2-5,8-9,13H,6-7H2,1H3,(H,23,25)(H,24,26)(H,20,21,22);1-2H3. The number of carbonyl (C=O) groups excluding carboxylic acids is 2. The van der Waals surface area contributed by atoms with Crippen molar-refractivity contribution in [3.8, 4) is 5.75 Å². The Kier molecular flexibility index (Phi) is 7.40. The van der Waals surface area contributed by atoms with Crippen LogP contribution in [-0.2, 0) is 10.3 Å². The molecule has 1 heterocycles. The van der Waals surface area contributed by atoms with Gasteiger partial charge in [0.05, 0.1) is 18.2 Å². The van der Waals surface area contributed by atoms with Gasteiger partial charge >= 0.3 is 12.3 Å². The first-order valence-electron chi connectivity index (χ1n) is 9.07. The van der Waals surface area contributed by atoms with Crippen molar-refractivity contribution in [3.63, 3.8) is 0 Å². The number of ether oxygens (including phenoxy) is 1. The maximum absolute atomic E-state index is 12.1. The second-order valence-electron chi connectivity index (χ2n) is 5.98. The van der Waals surface area contributed by atoms with Gasteiger partial charge in [-0.2, -0.15) is 8.78 Å². The summed E-state index contributed by atoms with van der Waals surface area (Å²) >= 11 is 0. The fourth-order valence-electron chi connectivity index (χ4n) is 2.49. The summed E-state index contributed by atoms with van der Waals surface area (Å²) in [6.45, 7) is 4.00. The van der Waals surface area contributed by atoms with E-state index in [1.54, 1.807) is 12.5 Å². The van der Waals surface area contributed by atoms with Crippen molar-refractivity contribution >= 4 is 17.8 Å². The third-order valence-electron chi connectivity index (χ3n) is 4.16. The lowest BCUT2D eigenvalue weighted by Crippen LogP contribution is -2.44. The Bertz CT molecular complexity index is 825. The summed E-state index contributed by atoms with van der Waals surface area (Å²) < 4.78 is 29.3. The van der Waals surface area contributed by atoms with Crippen LogP contribution in [0.5, 0.6) is 5.75 Å². The van der Waals surface area contributed by atoms with Gasteiger partial charge in [-0.1, -0.05) is 26.0 Å². The van der Waals surface area contributed by atoms with E-state index < -0.39 is 18.2 Å². The first-order chi connectivity index (χ1) is 13.9. The number of anilines is 1. The molecular weight excluding hydrogens is 384 g/mol. The largest absolute Gasteiger partial charge is 0.497 e. The van der Waals surface area contributed by atoms with E-state index in [2.05, 4.69) is 15.3 Å². The van der Waals surface area contributed by atoms with Crippen molar-refractivity contribution in [2.75, 3.05) is 12.4 Å². The first kappa shape index (κ1) is 22.0. The van der Waals surface area contributed by atoms with E-state index >= 15 is 0 Å². The van der Waals surface area contributed by atoms with Crippen LogP contribution < -0.4 is 20.9 Å². The minimum Gasteiger partial charge on any atom is -0.497 e. The van der Waals surface area contributed by atoms with Gasteiger partial charge in [-0.05, 0) is 30.5 Å². The summed E-state index contributed by atoms with van der Waals surface area (Å²) in [5.74, 6) is -1.30. The Labute approximate surface area is 167 Å². The molecule has 3 N–H and O–H groups in total. The number of hydrogen-bond donors (Lipinski definition) is 3. The third kappa shape index (κ3) is 5.59. The molecule has 1 aromatic carbocycles. The summed E-state index contributed by atoms with van der Waals surface area (Å²) in [7, 11) is 1.60.